The number of methoxy groups -OCH3 is 3. The highest BCUT2D eigenvalue weighted by atomic mass is 16.7. The summed E-state index contributed by atoms with van der Waals surface area (Å²) in [4.78, 5) is 0. The number of aliphatic hydroxyl groups excluding tert-OH is 3. The smallest absolute Gasteiger partial charge is 0.186 e. The molecule has 2 aromatic rings. The second-order valence-electron chi connectivity index (χ2n) is 7.43. The minimum Gasteiger partial charge on any atom is -0.504 e. The van der Waals surface area contributed by atoms with Crippen LogP contribution in [0.5, 0.6) is 23.0 Å². The molecule has 1 fully saturated rings. The van der Waals surface area contributed by atoms with Crippen molar-refractivity contribution >= 4 is 0 Å². The van der Waals surface area contributed by atoms with Crippen molar-refractivity contribution in [2.45, 2.75) is 36.8 Å². The van der Waals surface area contributed by atoms with Gasteiger partial charge >= 0.3 is 0 Å². The van der Waals surface area contributed by atoms with Crippen molar-refractivity contribution < 1.29 is 48.8 Å². The van der Waals surface area contributed by atoms with Crippen molar-refractivity contribution in [2.75, 3.05) is 34.5 Å². The Balaban J connectivity index is 1.87. The molecule has 33 heavy (non-hydrogen) atoms. The lowest BCUT2D eigenvalue weighted by Crippen LogP contribution is -2.37. The van der Waals surface area contributed by atoms with Crippen LogP contribution in [0.4, 0.5) is 0 Å². The molecule has 4 N–H and O–H groups in total. The minimum atomic E-state index is -1.23. The zero-order chi connectivity index (χ0) is 24.0. The molecule has 10 nitrogen and oxygen atoms in total. The Bertz CT molecular complexity index is 891. The second kappa shape index (κ2) is 11.5. The average molecular weight is 466 g/mol. The lowest BCUT2D eigenvalue weighted by atomic mass is 10.0. The Morgan fingerprint density at radius 1 is 0.939 bits per heavy atom. The summed E-state index contributed by atoms with van der Waals surface area (Å²) in [5.74, 6) is 1.01. The largest absolute Gasteiger partial charge is 0.504 e. The number of aromatic hydroxyl groups is 1. The van der Waals surface area contributed by atoms with E-state index in [9.17, 15) is 20.4 Å². The molecule has 0 bridgehead atoms. The fraction of sp³-hybridized carbons (Fsp3) is 0.478. The highest BCUT2D eigenvalue weighted by Crippen LogP contribution is 2.35. The van der Waals surface area contributed by atoms with E-state index in [-0.39, 0.29) is 18.1 Å². The number of aliphatic hydroxyl groups is 3. The molecular formula is C23H30O10. The van der Waals surface area contributed by atoms with Gasteiger partial charge in [0.2, 0.25) is 0 Å². The van der Waals surface area contributed by atoms with Gasteiger partial charge in [-0.15, -0.1) is 0 Å². The van der Waals surface area contributed by atoms with Crippen LogP contribution in [0.15, 0.2) is 42.5 Å². The van der Waals surface area contributed by atoms with Crippen molar-refractivity contribution in [1.29, 1.82) is 0 Å². The van der Waals surface area contributed by atoms with Crippen molar-refractivity contribution in [2.24, 2.45) is 0 Å². The van der Waals surface area contributed by atoms with Crippen LogP contribution in [0.2, 0.25) is 0 Å². The standard InChI is InChI=1S/C23H30O10/c1-28-15-6-4-5-7-16(15)32-18(11-24)22(13-8-9-14(25)17(10-13)29-2)31-12-19-20(26)21(27)23(30-3)33-19/h4-10,18-27H,11-12H2,1-3H3/t18?,19-,20-,21+,22?,23+/m0/s1. The maximum absolute atomic E-state index is 10.3. The monoisotopic (exact) mass is 466 g/mol. The number of phenols is 1. The average Bonchev–Trinajstić information content (AvgIpc) is 3.12. The summed E-state index contributed by atoms with van der Waals surface area (Å²) in [7, 11) is 4.28. The van der Waals surface area contributed by atoms with E-state index in [1.165, 1.54) is 27.4 Å². The van der Waals surface area contributed by atoms with Gasteiger partial charge in [0.25, 0.3) is 0 Å². The molecule has 0 amide bonds. The Hall–Kier alpha value is -2.60. The number of ether oxygens (including phenoxy) is 6. The quantitative estimate of drug-likeness (QED) is 0.380. The van der Waals surface area contributed by atoms with Gasteiger partial charge < -0.3 is 48.8 Å². The summed E-state index contributed by atoms with van der Waals surface area (Å²) in [6, 6.07) is 11.6. The van der Waals surface area contributed by atoms with E-state index in [2.05, 4.69) is 0 Å². The first-order valence-electron chi connectivity index (χ1n) is 10.4. The van der Waals surface area contributed by atoms with E-state index in [0.717, 1.165) is 0 Å². The summed E-state index contributed by atoms with van der Waals surface area (Å²) >= 11 is 0. The minimum absolute atomic E-state index is 0.0631. The molecule has 1 saturated heterocycles. The fourth-order valence-corrected chi connectivity index (χ4v) is 3.61. The molecule has 182 valence electrons. The summed E-state index contributed by atoms with van der Waals surface area (Å²) in [5, 5.41) is 40.5. The predicted molar refractivity (Wildman–Crippen MR) is 116 cm³/mol. The van der Waals surface area contributed by atoms with Gasteiger partial charge in [-0.25, -0.2) is 0 Å². The van der Waals surface area contributed by atoms with E-state index in [4.69, 9.17) is 28.4 Å². The van der Waals surface area contributed by atoms with Crippen LogP contribution >= 0.6 is 0 Å². The number of benzene rings is 2. The number of hydrogen-bond acceptors (Lipinski definition) is 10. The molecule has 0 saturated carbocycles. The van der Waals surface area contributed by atoms with Crippen LogP contribution < -0.4 is 14.2 Å². The van der Waals surface area contributed by atoms with Gasteiger partial charge in [0.05, 0.1) is 27.4 Å². The highest BCUT2D eigenvalue weighted by Gasteiger charge is 2.43. The van der Waals surface area contributed by atoms with Crippen LogP contribution in [0.1, 0.15) is 11.7 Å². The normalized spacial score (nSPS) is 24.3. The topological polar surface area (TPSA) is 136 Å². The van der Waals surface area contributed by atoms with Crippen LogP contribution in [0, 0.1) is 0 Å². The summed E-state index contributed by atoms with van der Waals surface area (Å²) < 4.78 is 33.1. The fourth-order valence-electron chi connectivity index (χ4n) is 3.61. The third-order valence-electron chi connectivity index (χ3n) is 5.39. The van der Waals surface area contributed by atoms with Crippen molar-refractivity contribution in [3.05, 3.63) is 48.0 Å². The molecule has 0 spiro atoms. The first-order chi connectivity index (χ1) is 15.9. The first-order valence-corrected chi connectivity index (χ1v) is 10.4. The van der Waals surface area contributed by atoms with Gasteiger partial charge in [0.15, 0.2) is 35.4 Å². The maximum Gasteiger partial charge on any atom is 0.186 e. The van der Waals surface area contributed by atoms with E-state index in [1.807, 2.05) is 0 Å². The molecule has 0 aromatic heterocycles. The molecular weight excluding hydrogens is 436 g/mol. The number of hydrogen-bond donors (Lipinski definition) is 4. The number of phenolic OH excluding ortho intramolecular Hbond substituents is 1. The third-order valence-corrected chi connectivity index (χ3v) is 5.39. The van der Waals surface area contributed by atoms with Crippen LogP contribution in [-0.2, 0) is 14.2 Å². The molecule has 10 heteroatoms. The molecule has 0 radical (unpaired) electrons. The number of para-hydroxylation sites is 2. The van der Waals surface area contributed by atoms with Crippen LogP contribution in [-0.4, -0.2) is 85.7 Å². The van der Waals surface area contributed by atoms with Gasteiger partial charge in [0, 0.05) is 7.11 Å². The summed E-state index contributed by atoms with van der Waals surface area (Å²) in [6.45, 7) is -0.568. The molecule has 1 aliphatic rings. The Morgan fingerprint density at radius 2 is 1.64 bits per heavy atom. The van der Waals surface area contributed by atoms with Gasteiger partial charge in [-0.1, -0.05) is 18.2 Å². The third kappa shape index (κ3) is 5.67. The molecule has 2 unspecified atom stereocenters. The van der Waals surface area contributed by atoms with Gasteiger partial charge in [-0.3, -0.25) is 0 Å². The van der Waals surface area contributed by atoms with Crippen molar-refractivity contribution in [1.82, 2.24) is 0 Å². The SMILES string of the molecule is COc1cc(C(OC[C@@H]2O[C@@H](OC)[C@H](O)[C@H]2O)C(CO)Oc2ccccc2OC)ccc1O. The first kappa shape index (κ1) is 25.0. The number of rotatable bonds is 11. The maximum atomic E-state index is 10.3. The van der Waals surface area contributed by atoms with E-state index >= 15 is 0 Å². The molecule has 6 atom stereocenters. The lowest BCUT2D eigenvalue weighted by Gasteiger charge is -2.29. The van der Waals surface area contributed by atoms with E-state index in [1.54, 1.807) is 36.4 Å². The lowest BCUT2D eigenvalue weighted by molar-refractivity contribution is -0.163. The van der Waals surface area contributed by atoms with Gasteiger partial charge in [0.1, 0.15) is 24.4 Å². The second-order valence-corrected chi connectivity index (χ2v) is 7.43. The molecule has 0 aliphatic carbocycles. The Morgan fingerprint density at radius 3 is 2.24 bits per heavy atom. The summed E-state index contributed by atoms with van der Waals surface area (Å²) in [6.07, 6.45) is -6.10. The molecule has 1 heterocycles. The van der Waals surface area contributed by atoms with Crippen molar-refractivity contribution in [3.8, 4) is 23.0 Å². The predicted octanol–water partition coefficient (Wildman–Crippen LogP) is 1.00. The zero-order valence-corrected chi connectivity index (χ0v) is 18.7. The summed E-state index contributed by atoms with van der Waals surface area (Å²) in [5.41, 5.74) is 0.537. The zero-order valence-electron chi connectivity index (χ0n) is 18.7. The molecule has 2 aromatic carbocycles. The highest BCUT2D eigenvalue weighted by molar-refractivity contribution is 5.43. The Kier molecular flexibility index (Phi) is 8.73. The molecule has 1 aliphatic heterocycles. The molecule has 3 rings (SSSR count). The van der Waals surface area contributed by atoms with Crippen molar-refractivity contribution in [3.63, 3.8) is 0 Å². The van der Waals surface area contributed by atoms with Crippen LogP contribution in [0.25, 0.3) is 0 Å². The Labute approximate surface area is 191 Å². The van der Waals surface area contributed by atoms with E-state index < -0.39 is 43.4 Å². The van der Waals surface area contributed by atoms with Crippen LogP contribution in [0.3, 0.4) is 0 Å². The van der Waals surface area contributed by atoms with Gasteiger partial charge in [-0.2, -0.15) is 0 Å². The van der Waals surface area contributed by atoms with E-state index in [0.29, 0.717) is 17.1 Å². The van der Waals surface area contributed by atoms with Gasteiger partial charge in [-0.05, 0) is 29.8 Å².